The van der Waals surface area contributed by atoms with E-state index in [0.29, 0.717) is 5.92 Å². The number of hydrazone groups is 1. The molecule has 1 amide bonds. The molecular formula is C21H24N2O. The van der Waals surface area contributed by atoms with Crippen LogP contribution in [0, 0.1) is 5.92 Å². The molecule has 0 aromatic heterocycles. The topological polar surface area (TPSA) is 41.5 Å². The lowest BCUT2D eigenvalue weighted by atomic mass is 9.89. The Hall–Kier alpha value is -2.42. The van der Waals surface area contributed by atoms with E-state index in [2.05, 4.69) is 17.5 Å². The van der Waals surface area contributed by atoms with Crippen molar-refractivity contribution in [3.8, 4) is 0 Å². The summed E-state index contributed by atoms with van der Waals surface area (Å²) in [6.45, 7) is 2.24. The van der Waals surface area contributed by atoms with Crippen LogP contribution >= 0.6 is 0 Å². The number of amides is 1. The number of hydrogen-bond donors (Lipinski definition) is 1. The Morgan fingerprint density at radius 2 is 1.62 bits per heavy atom. The number of carbonyl (C=O) groups is 1. The van der Waals surface area contributed by atoms with E-state index < -0.39 is 0 Å². The normalized spacial score (nSPS) is 19.4. The van der Waals surface area contributed by atoms with Gasteiger partial charge in [-0.25, -0.2) is 5.43 Å². The number of benzene rings is 2. The molecule has 2 aromatic rings. The molecule has 3 rings (SSSR count). The van der Waals surface area contributed by atoms with E-state index >= 15 is 0 Å². The van der Waals surface area contributed by atoms with Crippen LogP contribution in [-0.2, 0) is 4.79 Å². The van der Waals surface area contributed by atoms with Crippen LogP contribution in [0.4, 0.5) is 0 Å². The van der Waals surface area contributed by atoms with Crippen LogP contribution < -0.4 is 5.43 Å². The Labute approximate surface area is 143 Å². The highest BCUT2D eigenvalue weighted by molar-refractivity contribution is 5.90. The van der Waals surface area contributed by atoms with E-state index in [4.69, 9.17) is 0 Å². The van der Waals surface area contributed by atoms with Gasteiger partial charge >= 0.3 is 0 Å². The summed E-state index contributed by atoms with van der Waals surface area (Å²) >= 11 is 0. The molecule has 2 aromatic carbocycles. The Morgan fingerprint density at radius 1 is 1.04 bits per heavy atom. The predicted octanol–water partition coefficient (Wildman–Crippen LogP) is 4.50. The van der Waals surface area contributed by atoms with Crippen LogP contribution in [0.5, 0.6) is 0 Å². The molecule has 0 radical (unpaired) electrons. The summed E-state index contributed by atoms with van der Waals surface area (Å²) in [5.41, 5.74) is 5.90. The van der Waals surface area contributed by atoms with Gasteiger partial charge in [0.1, 0.15) is 0 Å². The molecule has 0 bridgehead atoms. The Bertz CT molecular complexity index is 655. The molecular weight excluding hydrogens is 296 g/mol. The molecule has 3 nitrogen and oxygen atoms in total. The molecule has 0 aliphatic heterocycles. The third-order valence-corrected chi connectivity index (χ3v) is 4.60. The summed E-state index contributed by atoms with van der Waals surface area (Å²) in [5, 5.41) is 4.42. The van der Waals surface area contributed by atoms with Crippen LogP contribution in [0.2, 0.25) is 0 Å². The van der Waals surface area contributed by atoms with E-state index in [-0.39, 0.29) is 11.8 Å². The first-order chi connectivity index (χ1) is 11.7. The Balaban J connectivity index is 1.81. The highest BCUT2D eigenvalue weighted by Gasteiger charge is 2.23. The van der Waals surface area contributed by atoms with Gasteiger partial charge in [0.25, 0.3) is 5.91 Å². The van der Waals surface area contributed by atoms with Gasteiger partial charge < -0.3 is 0 Å². The fourth-order valence-corrected chi connectivity index (χ4v) is 3.35. The smallest absolute Gasteiger partial charge is 0.252 e. The second kappa shape index (κ2) is 7.91. The third kappa shape index (κ3) is 4.10. The van der Waals surface area contributed by atoms with Crippen LogP contribution in [0.1, 0.15) is 49.7 Å². The van der Waals surface area contributed by atoms with Gasteiger partial charge in [-0.2, -0.15) is 5.10 Å². The van der Waals surface area contributed by atoms with Gasteiger partial charge in [0.05, 0.1) is 5.92 Å². The van der Waals surface area contributed by atoms with Crippen LogP contribution in [0.15, 0.2) is 65.8 Å². The van der Waals surface area contributed by atoms with Gasteiger partial charge in [-0.3, -0.25) is 4.79 Å². The van der Waals surface area contributed by atoms with Gasteiger partial charge in [0, 0.05) is 5.71 Å². The van der Waals surface area contributed by atoms with E-state index in [1.165, 1.54) is 6.42 Å². The number of hydrogen-bond acceptors (Lipinski definition) is 2. The van der Waals surface area contributed by atoms with Crippen molar-refractivity contribution in [2.75, 3.05) is 0 Å². The molecule has 1 N–H and O–H groups in total. The first-order valence-corrected chi connectivity index (χ1v) is 8.69. The van der Waals surface area contributed by atoms with Crippen molar-refractivity contribution in [2.24, 2.45) is 11.0 Å². The van der Waals surface area contributed by atoms with Crippen molar-refractivity contribution in [3.05, 3.63) is 71.8 Å². The van der Waals surface area contributed by atoms with Gasteiger partial charge in [-0.05, 0) is 42.7 Å². The summed E-state index contributed by atoms with van der Waals surface area (Å²) in [7, 11) is 0. The largest absolute Gasteiger partial charge is 0.272 e. The molecule has 124 valence electrons. The molecule has 1 fully saturated rings. The maximum atomic E-state index is 12.9. The highest BCUT2D eigenvalue weighted by atomic mass is 16.2. The minimum Gasteiger partial charge on any atom is -0.272 e. The molecule has 0 unspecified atom stereocenters. The van der Waals surface area contributed by atoms with Crippen LogP contribution in [0.3, 0.4) is 0 Å². The monoisotopic (exact) mass is 320 g/mol. The zero-order valence-electron chi connectivity index (χ0n) is 14.1. The summed E-state index contributed by atoms with van der Waals surface area (Å²) in [5.74, 6) is 0.254. The summed E-state index contributed by atoms with van der Waals surface area (Å²) in [4.78, 5) is 12.9. The highest BCUT2D eigenvalue weighted by Crippen LogP contribution is 2.25. The van der Waals surface area contributed by atoms with Gasteiger partial charge in [-0.1, -0.05) is 67.6 Å². The number of carbonyl (C=O) groups excluding carboxylic acids is 1. The summed E-state index contributed by atoms with van der Waals surface area (Å²) in [6.07, 6.45) is 4.40. The molecule has 0 heterocycles. The van der Waals surface area contributed by atoms with Crippen molar-refractivity contribution in [1.82, 2.24) is 5.43 Å². The minimum atomic E-state index is -0.335. The predicted molar refractivity (Wildman–Crippen MR) is 97.9 cm³/mol. The van der Waals surface area contributed by atoms with Crippen molar-refractivity contribution in [2.45, 2.75) is 38.5 Å². The first kappa shape index (κ1) is 16.4. The molecule has 0 spiro atoms. The Kier molecular flexibility index (Phi) is 5.42. The molecule has 1 aliphatic carbocycles. The van der Waals surface area contributed by atoms with Crippen molar-refractivity contribution in [1.29, 1.82) is 0 Å². The third-order valence-electron chi connectivity index (χ3n) is 4.60. The quantitative estimate of drug-likeness (QED) is 0.828. The molecule has 0 saturated heterocycles. The average Bonchev–Trinajstić information content (AvgIpc) is 2.62. The standard InChI is InChI=1S/C21H24N2O/c1-16-9-8-14-19(15-16)22-23-21(24)20(17-10-4-2-5-11-17)18-12-6-3-7-13-18/h2-7,10-13,16,20H,8-9,14-15H2,1H3,(H,23,24)/b22-19-/t16-/m0/s1. The van der Waals surface area contributed by atoms with Crippen molar-refractivity contribution < 1.29 is 4.79 Å². The van der Waals surface area contributed by atoms with E-state index in [1.54, 1.807) is 0 Å². The lowest BCUT2D eigenvalue weighted by Gasteiger charge is -2.20. The molecule has 1 atom stereocenters. The average molecular weight is 320 g/mol. The summed E-state index contributed by atoms with van der Waals surface area (Å²) in [6, 6.07) is 19.8. The lowest BCUT2D eigenvalue weighted by Crippen LogP contribution is -2.28. The summed E-state index contributed by atoms with van der Waals surface area (Å²) < 4.78 is 0. The fraction of sp³-hybridized carbons (Fsp3) is 0.333. The Morgan fingerprint density at radius 3 is 2.17 bits per heavy atom. The van der Waals surface area contributed by atoms with Gasteiger partial charge in [-0.15, -0.1) is 0 Å². The molecule has 1 saturated carbocycles. The minimum absolute atomic E-state index is 0.0712. The van der Waals surface area contributed by atoms with Gasteiger partial charge in [0.2, 0.25) is 0 Å². The first-order valence-electron chi connectivity index (χ1n) is 8.69. The molecule has 24 heavy (non-hydrogen) atoms. The maximum Gasteiger partial charge on any atom is 0.252 e. The lowest BCUT2D eigenvalue weighted by molar-refractivity contribution is -0.121. The zero-order valence-corrected chi connectivity index (χ0v) is 14.1. The number of nitrogens with zero attached hydrogens (tertiary/aromatic N) is 1. The number of rotatable bonds is 4. The van der Waals surface area contributed by atoms with E-state index in [1.807, 2.05) is 60.7 Å². The second-order valence-electron chi connectivity index (χ2n) is 6.61. The molecule has 1 aliphatic rings. The maximum absolute atomic E-state index is 12.9. The SMILES string of the molecule is C[C@H]1CCC/C(=N/NC(=O)C(c2ccccc2)c2ccccc2)C1. The van der Waals surface area contributed by atoms with Crippen molar-refractivity contribution >= 4 is 11.6 Å². The van der Waals surface area contributed by atoms with Crippen LogP contribution in [-0.4, -0.2) is 11.6 Å². The zero-order chi connectivity index (χ0) is 16.8. The fourth-order valence-electron chi connectivity index (χ4n) is 3.35. The van der Waals surface area contributed by atoms with Crippen LogP contribution in [0.25, 0.3) is 0 Å². The van der Waals surface area contributed by atoms with E-state index in [0.717, 1.165) is 36.1 Å². The van der Waals surface area contributed by atoms with Gasteiger partial charge in [0.15, 0.2) is 0 Å². The molecule has 3 heteroatoms. The second-order valence-corrected chi connectivity index (χ2v) is 6.61. The number of nitrogens with one attached hydrogen (secondary N) is 1. The van der Waals surface area contributed by atoms with Crippen molar-refractivity contribution in [3.63, 3.8) is 0 Å². The van der Waals surface area contributed by atoms with E-state index in [9.17, 15) is 4.79 Å².